The molecular formula is C14H15F7O2. The van der Waals surface area contributed by atoms with Gasteiger partial charge in [-0.05, 0) is 24.2 Å². The zero-order valence-electron chi connectivity index (χ0n) is 12.5. The predicted molar refractivity (Wildman–Crippen MR) is 65.2 cm³/mol. The van der Waals surface area contributed by atoms with Crippen LogP contribution in [0, 0.1) is 16.7 Å². The van der Waals surface area contributed by atoms with Crippen LogP contribution in [-0.2, 0) is 4.79 Å². The summed E-state index contributed by atoms with van der Waals surface area (Å²) in [5, 5.41) is 9.54. The molecule has 2 aliphatic rings. The molecule has 2 bridgehead atoms. The Kier molecular flexibility index (Phi) is 3.47. The van der Waals surface area contributed by atoms with Crippen molar-refractivity contribution in [2.45, 2.75) is 51.6 Å². The van der Waals surface area contributed by atoms with Crippen LogP contribution in [0.5, 0.6) is 0 Å². The molecule has 2 aliphatic carbocycles. The maximum absolute atomic E-state index is 13.7. The number of fused-ring (bicyclic) bond motifs is 2. The summed E-state index contributed by atoms with van der Waals surface area (Å²) >= 11 is 0. The van der Waals surface area contributed by atoms with Crippen molar-refractivity contribution in [3.05, 3.63) is 11.3 Å². The Labute approximate surface area is 127 Å². The van der Waals surface area contributed by atoms with Crippen LogP contribution in [0.2, 0.25) is 0 Å². The molecule has 2 rings (SSSR count). The van der Waals surface area contributed by atoms with Crippen molar-refractivity contribution in [1.29, 1.82) is 0 Å². The summed E-state index contributed by atoms with van der Waals surface area (Å²) in [6.45, 7) is 4.53. The molecule has 9 heteroatoms. The highest BCUT2D eigenvalue weighted by Gasteiger charge is 2.76. The largest absolute Gasteiger partial charge is 0.506 e. The predicted octanol–water partition coefficient (Wildman–Crippen LogP) is 4.66. The highest BCUT2D eigenvalue weighted by Crippen LogP contribution is 2.67. The summed E-state index contributed by atoms with van der Waals surface area (Å²) in [7, 11) is 0. The third-order valence-electron chi connectivity index (χ3n) is 5.62. The van der Waals surface area contributed by atoms with Crippen LogP contribution in [0.15, 0.2) is 11.3 Å². The molecule has 1 N–H and O–H groups in total. The molecule has 0 amide bonds. The second-order valence-electron chi connectivity index (χ2n) is 6.88. The van der Waals surface area contributed by atoms with E-state index >= 15 is 0 Å². The number of alkyl halides is 7. The smallest absolute Gasteiger partial charge is 0.460 e. The third-order valence-corrected chi connectivity index (χ3v) is 5.62. The molecule has 0 radical (unpaired) electrons. The fourth-order valence-electron chi connectivity index (χ4n) is 3.64. The van der Waals surface area contributed by atoms with Gasteiger partial charge in [-0.3, -0.25) is 4.79 Å². The van der Waals surface area contributed by atoms with Crippen molar-refractivity contribution in [2.75, 3.05) is 0 Å². The standard InChI is InChI=1S/C14H15F7O2/c1-10(2)6-4-5-11(10,3)8(22)7(6)9(23)12(15,16)13(17,18)14(19,20)21/h6,23H,4-5H2,1-3H3/t6-,11+/m0/s1. The normalized spacial score (nSPS) is 33.3. The van der Waals surface area contributed by atoms with Gasteiger partial charge in [-0.25, -0.2) is 0 Å². The highest BCUT2D eigenvalue weighted by atomic mass is 19.4. The Hall–Kier alpha value is -1.28. The minimum atomic E-state index is -6.56. The number of hydrogen-bond acceptors (Lipinski definition) is 2. The first kappa shape index (κ1) is 18.1. The third kappa shape index (κ3) is 1.91. The molecule has 0 spiro atoms. The van der Waals surface area contributed by atoms with E-state index in [4.69, 9.17) is 0 Å². The molecule has 2 saturated carbocycles. The Morgan fingerprint density at radius 2 is 1.57 bits per heavy atom. The van der Waals surface area contributed by atoms with Crippen molar-refractivity contribution in [3.8, 4) is 0 Å². The Morgan fingerprint density at radius 3 is 1.91 bits per heavy atom. The SMILES string of the molecule is CC1(C)[C@H]2CC[C@]1(C)C(=O)C2=C(O)C(F)(F)C(F)(F)C(F)(F)F. The number of hydrogen-bond donors (Lipinski definition) is 1. The monoisotopic (exact) mass is 348 g/mol. The molecule has 0 aromatic heterocycles. The number of allylic oxidation sites excluding steroid dienone is 2. The number of carbonyl (C=O) groups excluding carboxylic acids is 1. The first-order valence-electron chi connectivity index (χ1n) is 6.84. The zero-order valence-corrected chi connectivity index (χ0v) is 12.5. The van der Waals surface area contributed by atoms with Crippen LogP contribution in [0.3, 0.4) is 0 Å². The quantitative estimate of drug-likeness (QED) is 0.448. The van der Waals surface area contributed by atoms with E-state index in [-0.39, 0.29) is 6.42 Å². The first-order valence-corrected chi connectivity index (χ1v) is 6.84. The molecule has 0 aliphatic heterocycles. The maximum atomic E-state index is 13.7. The first-order chi connectivity index (χ1) is 10.0. The van der Waals surface area contributed by atoms with Gasteiger partial charge in [-0.1, -0.05) is 20.8 Å². The van der Waals surface area contributed by atoms with E-state index in [1.165, 1.54) is 6.92 Å². The van der Waals surface area contributed by atoms with E-state index in [0.29, 0.717) is 6.42 Å². The van der Waals surface area contributed by atoms with E-state index in [9.17, 15) is 40.6 Å². The second-order valence-corrected chi connectivity index (χ2v) is 6.88. The van der Waals surface area contributed by atoms with Gasteiger partial charge in [0.05, 0.1) is 0 Å². The van der Waals surface area contributed by atoms with E-state index in [2.05, 4.69) is 0 Å². The van der Waals surface area contributed by atoms with Gasteiger partial charge < -0.3 is 5.11 Å². The molecule has 0 heterocycles. The van der Waals surface area contributed by atoms with Crippen molar-refractivity contribution in [2.24, 2.45) is 16.7 Å². The molecule has 2 atom stereocenters. The van der Waals surface area contributed by atoms with E-state index in [1.807, 2.05) is 0 Å². The minimum absolute atomic E-state index is 0.155. The summed E-state index contributed by atoms with van der Waals surface area (Å²) < 4.78 is 90.3. The van der Waals surface area contributed by atoms with E-state index in [0.717, 1.165) is 0 Å². The van der Waals surface area contributed by atoms with Crippen LogP contribution in [0.1, 0.15) is 33.6 Å². The number of ketones is 1. The molecule has 0 unspecified atom stereocenters. The van der Waals surface area contributed by atoms with Gasteiger partial charge >= 0.3 is 18.0 Å². The lowest BCUT2D eigenvalue weighted by molar-refractivity contribution is -0.349. The van der Waals surface area contributed by atoms with Gasteiger partial charge in [0.25, 0.3) is 0 Å². The summed E-state index contributed by atoms with van der Waals surface area (Å²) in [4.78, 5) is 12.3. The average molecular weight is 348 g/mol. The minimum Gasteiger partial charge on any atom is -0.506 e. The number of rotatable bonds is 2. The van der Waals surface area contributed by atoms with Gasteiger partial charge in [-0.15, -0.1) is 0 Å². The Morgan fingerprint density at radius 1 is 1.09 bits per heavy atom. The zero-order chi connectivity index (χ0) is 18.2. The molecule has 132 valence electrons. The molecular weight excluding hydrogens is 333 g/mol. The topological polar surface area (TPSA) is 37.3 Å². The van der Waals surface area contributed by atoms with Gasteiger partial charge in [0, 0.05) is 11.0 Å². The van der Waals surface area contributed by atoms with Crippen LogP contribution in [-0.4, -0.2) is 28.9 Å². The van der Waals surface area contributed by atoms with Crippen LogP contribution >= 0.6 is 0 Å². The van der Waals surface area contributed by atoms with E-state index < -0.39 is 51.9 Å². The Bertz CT molecular complexity index is 588. The van der Waals surface area contributed by atoms with Crippen LogP contribution in [0.4, 0.5) is 30.7 Å². The van der Waals surface area contributed by atoms with Crippen molar-refractivity contribution < 1.29 is 40.6 Å². The molecule has 0 aromatic rings. The number of aliphatic hydroxyl groups is 1. The van der Waals surface area contributed by atoms with Crippen LogP contribution in [0.25, 0.3) is 0 Å². The molecule has 0 aromatic carbocycles. The lowest BCUT2D eigenvalue weighted by atomic mass is 9.70. The maximum Gasteiger partial charge on any atom is 0.460 e. The van der Waals surface area contributed by atoms with Gasteiger partial charge in [0.15, 0.2) is 11.5 Å². The van der Waals surface area contributed by atoms with Gasteiger partial charge in [0.1, 0.15) is 0 Å². The molecule has 2 nitrogen and oxygen atoms in total. The van der Waals surface area contributed by atoms with Crippen molar-refractivity contribution in [1.82, 2.24) is 0 Å². The lowest BCUT2D eigenvalue weighted by Crippen LogP contribution is -2.53. The number of halogens is 7. The molecule has 0 saturated heterocycles. The average Bonchev–Trinajstić information content (AvgIpc) is 2.68. The van der Waals surface area contributed by atoms with Crippen LogP contribution < -0.4 is 0 Å². The lowest BCUT2D eigenvalue weighted by Gasteiger charge is -2.31. The fraction of sp³-hybridized carbons (Fsp3) is 0.786. The highest BCUT2D eigenvalue weighted by molar-refractivity contribution is 6.05. The number of carbonyl (C=O) groups is 1. The van der Waals surface area contributed by atoms with E-state index in [1.54, 1.807) is 13.8 Å². The number of Topliss-reactive ketones (excluding diaryl/α,β-unsaturated/α-hetero) is 1. The molecule has 23 heavy (non-hydrogen) atoms. The van der Waals surface area contributed by atoms with Crippen molar-refractivity contribution in [3.63, 3.8) is 0 Å². The summed E-state index contributed by atoms with van der Waals surface area (Å²) in [5.41, 5.74) is -3.10. The fourth-order valence-corrected chi connectivity index (χ4v) is 3.64. The van der Waals surface area contributed by atoms with Crippen molar-refractivity contribution >= 4 is 5.78 Å². The Balaban J connectivity index is 2.62. The summed E-state index contributed by atoms with van der Waals surface area (Å²) in [5.74, 6) is -16.8. The summed E-state index contributed by atoms with van der Waals surface area (Å²) in [6.07, 6.45) is -6.12. The second kappa shape index (κ2) is 4.42. The summed E-state index contributed by atoms with van der Waals surface area (Å²) in [6, 6.07) is 0. The van der Waals surface area contributed by atoms with Gasteiger partial charge in [0.2, 0.25) is 0 Å². The number of aliphatic hydroxyl groups excluding tert-OH is 1. The molecule has 2 fully saturated rings. The van der Waals surface area contributed by atoms with Gasteiger partial charge in [-0.2, -0.15) is 30.7 Å².